The largest absolute Gasteiger partial charge is 0.465 e. The number of carbonyl (C=O) groups is 1. The summed E-state index contributed by atoms with van der Waals surface area (Å²) in [5, 5.41) is 6.85. The number of ether oxygens (including phenoxy) is 1. The second-order valence-electron chi connectivity index (χ2n) is 5.14. The van der Waals surface area contributed by atoms with Gasteiger partial charge in [0.25, 0.3) is 0 Å². The number of hydrogen-bond acceptors (Lipinski definition) is 4. The van der Waals surface area contributed by atoms with Crippen molar-refractivity contribution < 1.29 is 9.53 Å². The second kappa shape index (κ2) is 4.28. The Balaban J connectivity index is 1.96. The van der Waals surface area contributed by atoms with Gasteiger partial charge in [0.05, 0.1) is 12.7 Å². The van der Waals surface area contributed by atoms with Crippen LogP contribution in [0, 0.1) is 0 Å². The number of nitrogens with one attached hydrogen (secondary N) is 2. The molecule has 4 heteroatoms. The summed E-state index contributed by atoms with van der Waals surface area (Å²) in [4.78, 5) is 11.5. The van der Waals surface area contributed by atoms with Crippen molar-refractivity contribution in [1.82, 2.24) is 5.32 Å². The van der Waals surface area contributed by atoms with Crippen LogP contribution >= 0.6 is 0 Å². The van der Waals surface area contributed by atoms with Crippen molar-refractivity contribution in [2.75, 3.05) is 32.1 Å². The van der Waals surface area contributed by atoms with Crippen LogP contribution in [0.25, 0.3) is 0 Å². The van der Waals surface area contributed by atoms with Gasteiger partial charge in [0.1, 0.15) is 0 Å². The molecular weight excluding hydrogens is 228 g/mol. The van der Waals surface area contributed by atoms with E-state index in [0.29, 0.717) is 5.56 Å². The third-order valence-electron chi connectivity index (χ3n) is 4.19. The average molecular weight is 246 g/mol. The molecule has 0 aliphatic carbocycles. The summed E-state index contributed by atoms with van der Waals surface area (Å²) in [7, 11) is 1.41. The topological polar surface area (TPSA) is 50.4 Å². The molecule has 18 heavy (non-hydrogen) atoms. The third-order valence-corrected chi connectivity index (χ3v) is 4.19. The van der Waals surface area contributed by atoms with Crippen molar-refractivity contribution in [2.45, 2.75) is 18.3 Å². The van der Waals surface area contributed by atoms with Crippen LogP contribution in [0.5, 0.6) is 0 Å². The zero-order chi connectivity index (χ0) is 12.6. The van der Waals surface area contributed by atoms with Gasteiger partial charge in [0, 0.05) is 17.6 Å². The zero-order valence-corrected chi connectivity index (χ0v) is 10.6. The quantitative estimate of drug-likeness (QED) is 0.738. The fourth-order valence-corrected chi connectivity index (χ4v) is 3.11. The maximum Gasteiger partial charge on any atom is 0.337 e. The molecular formula is C14H18N2O2. The van der Waals surface area contributed by atoms with Crippen molar-refractivity contribution in [2.24, 2.45) is 0 Å². The molecule has 0 saturated carbocycles. The van der Waals surface area contributed by atoms with E-state index in [-0.39, 0.29) is 11.4 Å². The molecule has 2 aliphatic heterocycles. The molecule has 0 unspecified atom stereocenters. The van der Waals surface area contributed by atoms with Gasteiger partial charge in [-0.15, -0.1) is 0 Å². The summed E-state index contributed by atoms with van der Waals surface area (Å²) in [5.41, 5.74) is 3.33. The maximum atomic E-state index is 11.5. The minimum absolute atomic E-state index is 0.259. The molecule has 2 heterocycles. The first-order chi connectivity index (χ1) is 8.75. The molecule has 1 aromatic rings. The van der Waals surface area contributed by atoms with Gasteiger partial charge in [0.2, 0.25) is 0 Å². The smallest absolute Gasteiger partial charge is 0.337 e. The molecule has 0 bridgehead atoms. The van der Waals surface area contributed by atoms with Crippen molar-refractivity contribution >= 4 is 11.7 Å². The average Bonchev–Trinajstić information content (AvgIpc) is 2.77. The van der Waals surface area contributed by atoms with Crippen LogP contribution in [0.1, 0.15) is 28.8 Å². The van der Waals surface area contributed by atoms with E-state index in [1.54, 1.807) is 0 Å². The van der Waals surface area contributed by atoms with Gasteiger partial charge < -0.3 is 15.4 Å². The van der Waals surface area contributed by atoms with E-state index in [1.807, 2.05) is 12.1 Å². The first-order valence-corrected chi connectivity index (χ1v) is 6.43. The van der Waals surface area contributed by atoms with Crippen molar-refractivity contribution in [3.05, 3.63) is 29.3 Å². The van der Waals surface area contributed by atoms with Gasteiger partial charge in [-0.05, 0) is 43.6 Å². The fourth-order valence-electron chi connectivity index (χ4n) is 3.11. The van der Waals surface area contributed by atoms with E-state index in [1.165, 1.54) is 12.7 Å². The van der Waals surface area contributed by atoms with Crippen LogP contribution in [0.3, 0.4) is 0 Å². The van der Waals surface area contributed by atoms with E-state index in [2.05, 4.69) is 16.7 Å². The summed E-state index contributed by atoms with van der Waals surface area (Å²) < 4.78 is 4.76. The molecule has 3 rings (SSSR count). The van der Waals surface area contributed by atoms with Crippen LogP contribution in [0.4, 0.5) is 5.69 Å². The Labute approximate surface area is 107 Å². The molecule has 2 N–H and O–H groups in total. The van der Waals surface area contributed by atoms with Gasteiger partial charge in [-0.25, -0.2) is 4.79 Å². The SMILES string of the molecule is COC(=O)c1ccc2c(c1)NCC21CCNCC1. The lowest BCUT2D eigenvalue weighted by Crippen LogP contribution is -2.41. The molecule has 2 aliphatic rings. The number of fused-ring (bicyclic) bond motifs is 2. The highest BCUT2D eigenvalue weighted by Gasteiger charge is 2.39. The fraction of sp³-hybridized carbons (Fsp3) is 0.500. The number of hydrogen-bond donors (Lipinski definition) is 2. The highest BCUT2D eigenvalue weighted by atomic mass is 16.5. The number of anilines is 1. The molecule has 0 amide bonds. The van der Waals surface area contributed by atoms with Crippen LogP contribution in [-0.4, -0.2) is 32.7 Å². The van der Waals surface area contributed by atoms with Crippen molar-refractivity contribution in [3.8, 4) is 0 Å². The van der Waals surface area contributed by atoms with E-state index in [9.17, 15) is 4.79 Å². The highest BCUT2D eigenvalue weighted by molar-refractivity contribution is 5.91. The molecule has 1 aromatic carbocycles. The van der Waals surface area contributed by atoms with Gasteiger partial charge in [0.15, 0.2) is 0 Å². The minimum Gasteiger partial charge on any atom is -0.465 e. The number of benzene rings is 1. The summed E-state index contributed by atoms with van der Waals surface area (Å²) >= 11 is 0. The molecule has 1 spiro atoms. The Morgan fingerprint density at radius 2 is 2.11 bits per heavy atom. The lowest BCUT2D eigenvalue weighted by atomic mass is 9.75. The van der Waals surface area contributed by atoms with E-state index in [0.717, 1.165) is 38.2 Å². The predicted molar refractivity (Wildman–Crippen MR) is 70.1 cm³/mol. The zero-order valence-electron chi connectivity index (χ0n) is 10.6. The Morgan fingerprint density at radius 1 is 1.33 bits per heavy atom. The van der Waals surface area contributed by atoms with Gasteiger partial charge in [-0.2, -0.15) is 0 Å². The Kier molecular flexibility index (Phi) is 2.74. The first kappa shape index (κ1) is 11.5. The predicted octanol–water partition coefficient (Wildman–Crippen LogP) is 1.52. The number of rotatable bonds is 1. The number of esters is 1. The normalized spacial score (nSPS) is 20.3. The van der Waals surface area contributed by atoms with Crippen LogP contribution in [-0.2, 0) is 10.2 Å². The first-order valence-electron chi connectivity index (χ1n) is 6.43. The molecule has 1 saturated heterocycles. The van der Waals surface area contributed by atoms with E-state index in [4.69, 9.17) is 4.74 Å². The number of methoxy groups -OCH3 is 1. The van der Waals surface area contributed by atoms with E-state index < -0.39 is 0 Å². The second-order valence-corrected chi connectivity index (χ2v) is 5.14. The standard InChI is InChI=1S/C14H18N2O2/c1-18-13(17)10-2-3-11-12(8-10)16-9-14(11)4-6-15-7-5-14/h2-3,8,15-16H,4-7,9H2,1H3. The molecule has 0 atom stereocenters. The van der Waals surface area contributed by atoms with Crippen molar-refractivity contribution in [3.63, 3.8) is 0 Å². The third kappa shape index (κ3) is 1.68. The highest BCUT2D eigenvalue weighted by Crippen LogP contribution is 2.43. The lowest BCUT2D eigenvalue weighted by Gasteiger charge is -2.33. The summed E-state index contributed by atoms with van der Waals surface area (Å²) in [5.74, 6) is -0.272. The minimum atomic E-state index is -0.272. The molecule has 0 radical (unpaired) electrons. The summed E-state index contributed by atoms with van der Waals surface area (Å²) in [6.45, 7) is 3.12. The maximum absolute atomic E-state index is 11.5. The molecule has 4 nitrogen and oxygen atoms in total. The number of carbonyl (C=O) groups excluding carboxylic acids is 1. The summed E-state index contributed by atoms with van der Waals surface area (Å²) in [6, 6.07) is 5.88. The van der Waals surface area contributed by atoms with Crippen LogP contribution in [0.15, 0.2) is 18.2 Å². The molecule has 0 aromatic heterocycles. The van der Waals surface area contributed by atoms with Gasteiger partial charge in [-0.1, -0.05) is 6.07 Å². The lowest BCUT2D eigenvalue weighted by molar-refractivity contribution is 0.0601. The Hall–Kier alpha value is -1.55. The number of piperidine rings is 1. The monoisotopic (exact) mass is 246 g/mol. The van der Waals surface area contributed by atoms with Crippen LogP contribution < -0.4 is 10.6 Å². The Morgan fingerprint density at radius 3 is 2.83 bits per heavy atom. The van der Waals surface area contributed by atoms with Crippen LogP contribution in [0.2, 0.25) is 0 Å². The van der Waals surface area contributed by atoms with Gasteiger partial charge >= 0.3 is 5.97 Å². The van der Waals surface area contributed by atoms with Crippen molar-refractivity contribution in [1.29, 1.82) is 0 Å². The van der Waals surface area contributed by atoms with E-state index >= 15 is 0 Å². The molecule has 96 valence electrons. The Bertz CT molecular complexity index is 479. The summed E-state index contributed by atoms with van der Waals surface area (Å²) in [6.07, 6.45) is 2.31. The van der Waals surface area contributed by atoms with Gasteiger partial charge in [-0.3, -0.25) is 0 Å². The molecule has 1 fully saturated rings.